The number of hydrogen-bond acceptors (Lipinski definition) is 2. The molecule has 0 aliphatic rings. The van der Waals surface area contributed by atoms with Gasteiger partial charge in [-0.05, 0) is 57.8 Å². The highest BCUT2D eigenvalue weighted by Crippen LogP contribution is 2.29. The first kappa shape index (κ1) is 11.9. The average Bonchev–Trinajstić information content (AvgIpc) is 2.06. The van der Waals surface area contributed by atoms with Gasteiger partial charge in [-0.3, -0.25) is 0 Å². The molecule has 0 N–H and O–H groups in total. The molecule has 78 valence electrons. The maximum Gasteiger partial charge on any atom is 0.162 e. The van der Waals surface area contributed by atoms with Crippen LogP contribution >= 0.6 is 31.9 Å². The molecule has 0 spiro atoms. The van der Waals surface area contributed by atoms with Crippen molar-refractivity contribution < 1.29 is 9.47 Å². The molecule has 4 heteroatoms. The smallest absolute Gasteiger partial charge is 0.162 e. The van der Waals surface area contributed by atoms with Crippen LogP contribution in [0.4, 0.5) is 0 Å². The Bertz CT molecular complexity index is 258. The van der Waals surface area contributed by atoms with Crippen LogP contribution in [0.2, 0.25) is 0 Å². The van der Waals surface area contributed by atoms with Crippen LogP contribution in [0.25, 0.3) is 0 Å². The third-order valence-electron chi connectivity index (χ3n) is 1.43. The minimum atomic E-state index is -0.0297. The zero-order chi connectivity index (χ0) is 10.6. The van der Waals surface area contributed by atoms with Gasteiger partial charge >= 0.3 is 0 Å². The molecule has 0 aliphatic carbocycles. The number of halogens is 2. The Labute approximate surface area is 101 Å². The summed E-state index contributed by atoms with van der Waals surface area (Å²) in [4.78, 5) is 0. The maximum absolute atomic E-state index is 5.52. The average molecular weight is 324 g/mol. The van der Waals surface area contributed by atoms with Crippen LogP contribution in [0.5, 0.6) is 11.5 Å². The molecule has 1 rings (SSSR count). The van der Waals surface area contributed by atoms with Crippen LogP contribution in [0, 0.1) is 0 Å². The summed E-state index contributed by atoms with van der Waals surface area (Å²) in [6.07, 6.45) is 0. The number of alkyl halides is 2. The number of benzene rings is 1. The molecule has 0 aliphatic heterocycles. The van der Waals surface area contributed by atoms with Gasteiger partial charge in [-0.1, -0.05) is 12.1 Å². The fourth-order valence-electron chi connectivity index (χ4n) is 0.995. The number of para-hydroxylation sites is 2. The van der Waals surface area contributed by atoms with Crippen LogP contribution in [0.15, 0.2) is 24.3 Å². The third kappa shape index (κ3) is 3.88. The Hall–Kier alpha value is -0.220. The van der Waals surface area contributed by atoms with Crippen molar-refractivity contribution in [3.05, 3.63) is 24.3 Å². The van der Waals surface area contributed by atoms with E-state index in [0.717, 1.165) is 11.5 Å². The molecule has 2 nitrogen and oxygen atoms in total. The largest absolute Gasteiger partial charge is 0.476 e. The lowest BCUT2D eigenvalue weighted by atomic mass is 10.3. The van der Waals surface area contributed by atoms with Gasteiger partial charge < -0.3 is 9.47 Å². The first-order valence-electron chi connectivity index (χ1n) is 4.30. The summed E-state index contributed by atoms with van der Waals surface area (Å²) in [6, 6.07) is 7.58. The number of hydrogen-bond donors (Lipinski definition) is 0. The SMILES string of the molecule is CC(Br)Oc1ccccc1OC(C)Br. The summed E-state index contributed by atoms with van der Waals surface area (Å²) in [7, 11) is 0. The number of rotatable bonds is 4. The molecule has 2 atom stereocenters. The lowest BCUT2D eigenvalue weighted by molar-refractivity contribution is 0.264. The molecule has 0 saturated carbocycles. The maximum atomic E-state index is 5.52. The molecule has 0 amide bonds. The van der Waals surface area contributed by atoms with E-state index in [1.165, 1.54) is 0 Å². The minimum Gasteiger partial charge on any atom is -0.476 e. The molecule has 1 aromatic rings. The van der Waals surface area contributed by atoms with Gasteiger partial charge in [0.05, 0.1) is 0 Å². The van der Waals surface area contributed by atoms with E-state index in [0.29, 0.717) is 0 Å². The molecule has 0 bridgehead atoms. The van der Waals surface area contributed by atoms with Crippen LogP contribution in [0.3, 0.4) is 0 Å². The fraction of sp³-hybridized carbons (Fsp3) is 0.400. The van der Waals surface area contributed by atoms with E-state index in [1.54, 1.807) is 0 Å². The topological polar surface area (TPSA) is 18.5 Å². The minimum absolute atomic E-state index is 0.0297. The Morgan fingerprint density at radius 3 is 1.57 bits per heavy atom. The predicted molar refractivity (Wildman–Crippen MR) is 64.5 cm³/mol. The Kier molecular flexibility index (Phi) is 4.75. The second-order valence-corrected chi connectivity index (χ2v) is 5.35. The molecule has 0 aromatic heterocycles. The van der Waals surface area contributed by atoms with E-state index in [9.17, 15) is 0 Å². The highest BCUT2D eigenvalue weighted by Gasteiger charge is 2.08. The highest BCUT2D eigenvalue weighted by molar-refractivity contribution is 9.09. The van der Waals surface area contributed by atoms with Crippen molar-refractivity contribution >= 4 is 31.9 Å². The van der Waals surface area contributed by atoms with Gasteiger partial charge in [0.1, 0.15) is 0 Å². The van der Waals surface area contributed by atoms with E-state index in [2.05, 4.69) is 31.9 Å². The molecular formula is C10H12Br2O2. The van der Waals surface area contributed by atoms with Crippen molar-refractivity contribution in [1.82, 2.24) is 0 Å². The normalized spacial score (nSPS) is 14.6. The summed E-state index contributed by atoms with van der Waals surface area (Å²) in [6.45, 7) is 3.82. The quantitative estimate of drug-likeness (QED) is 0.782. The summed E-state index contributed by atoms with van der Waals surface area (Å²) in [5.74, 6) is 1.48. The lowest BCUT2D eigenvalue weighted by Crippen LogP contribution is -2.07. The van der Waals surface area contributed by atoms with Gasteiger partial charge in [0, 0.05) is 0 Å². The lowest BCUT2D eigenvalue weighted by Gasteiger charge is -2.14. The van der Waals surface area contributed by atoms with Crippen molar-refractivity contribution in [2.45, 2.75) is 23.9 Å². The molecule has 0 saturated heterocycles. The highest BCUT2D eigenvalue weighted by atomic mass is 79.9. The van der Waals surface area contributed by atoms with Crippen molar-refractivity contribution in [3.8, 4) is 11.5 Å². The third-order valence-corrected chi connectivity index (χ3v) is 1.80. The van der Waals surface area contributed by atoms with Crippen LogP contribution in [-0.4, -0.2) is 10.0 Å². The predicted octanol–water partition coefficient (Wildman–Crippen LogP) is 3.93. The van der Waals surface area contributed by atoms with E-state index in [-0.39, 0.29) is 10.0 Å². The zero-order valence-corrected chi connectivity index (χ0v) is 11.2. The molecule has 0 radical (unpaired) electrons. The van der Waals surface area contributed by atoms with Gasteiger partial charge in [0.15, 0.2) is 21.5 Å². The van der Waals surface area contributed by atoms with Crippen LogP contribution in [0.1, 0.15) is 13.8 Å². The van der Waals surface area contributed by atoms with Gasteiger partial charge in [-0.25, -0.2) is 0 Å². The van der Waals surface area contributed by atoms with E-state index >= 15 is 0 Å². The Balaban J connectivity index is 2.80. The molecule has 2 unspecified atom stereocenters. The van der Waals surface area contributed by atoms with Crippen LogP contribution < -0.4 is 9.47 Å². The van der Waals surface area contributed by atoms with Crippen molar-refractivity contribution in [1.29, 1.82) is 0 Å². The molecule has 0 heterocycles. The van der Waals surface area contributed by atoms with Gasteiger partial charge in [-0.2, -0.15) is 0 Å². The molecular weight excluding hydrogens is 312 g/mol. The molecule has 0 fully saturated rings. The van der Waals surface area contributed by atoms with Crippen molar-refractivity contribution in [2.24, 2.45) is 0 Å². The van der Waals surface area contributed by atoms with E-state index in [4.69, 9.17) is 9.47 Å². The summed E-state index contributed by atoms with van der Waals surface area (Å²) < 4.78 is 11.0. The van der Waals surface area contributed by atoms with Gasteiger partial charge in [0.25, 0.3) is 0 Å². The van der Waals surface area contributed by atoms with Gasteiger partial charge in [-0.15, -0.1) is 0 Å². The first-order valence-corrected chi connectivity index (χ1v) is 6.13. The van der Waals surface area contributed by atoms with Crippen LogP contribution in [-0.2, 0) is 0 Å². The first-order chi connectivity index (χ1) is 6.59. The standard InChI is InChI=1S/C10H12Br2O2/c1-7(11)13-9-5-3-4-6-10(9)14-8(2)12/h3-8H,1-2H3. The second-order valence-electron chi connectivity index (χ2n) is 2.77. The summed E-state index contributed by atoms with van der Waals surface area (Å²) in [5, 5.41) is -0.0595. The zero-order valence-electron chi connectivity index (χ0n) is 8.04. The van der Waals surface area contributed by atoms with E-state index < -0.39 is 0 Å². The summed E-state index contributed by atoms with van der Waals surface area (Å²) >= 11 is 6.64. The Morgan fingerprint density at radius 1 is 0.929 bits per heavy atom. The molecule has 14 heavy (non-hydrogen) atoms. The Morgan fingerprint density at radius 2 is 1.29 bits per heavy atom. The fourth-order valence-corrected chi connectivity index (χ4v) is 1.40. The monoisotopic (exact) mass is 322 g/mol. The number of ether oxygens (including phenoxy) is 2. The van der Waals surface area contributed by atoms with Crippen molar-refractivity contribution in [3.63, 3.8) is 0 Å². The van der Waals surface area contributed by atoms with Gasteiger partial charge in [0.2, 0.25) is 0 Å². The molecule has 1 aromatic carbocycles. The second kappa shape index (κ2) is 5.61. The van der Waals surface area contributed by atoms with Crippen molar-refractivity contribution in [2.75, 3.05) is 0 Å². The van der Waals surface area contributed by atoms with E-state index in [1.807, 2.05) is 38.1 Å². The summed E-state index contributed by atoms with van der Waals surface area (Å²) in [5.41, 5.74) is 0.